The van der Waals surface area contributed by atoms with Crippen LogP contribution in [0.4, 0.5) is 0 Å². The Kier molecular flexibility index (Phi) is 4.25. The molecule has 2 nitrogen and oxygen atoms in total. The van der Waals surface area contributed by atoms with Crippen LogP contribution in [0.1, 0.15) is 51.9 Å². The molecule has 96 valence electrons. The Morgan fingerprint density at radius 2 is 1.94 bits per heavy atom. The van der Waals surface area contributed by atoms with E-state index in [0.717, 1.165) is 12.8 Å². The molecule has 2 heteroatoms. The van der Waals surface area contributed by atoms with Gasteiger partial charge in [-0.25, -0.2) is 0 Å². The van der Waals surface area contributed by atoms with Crippen LogP contribution in [0.25, 0.3) is 0 Å². The maximum atomic E-state index is 11.9. The van der Waals surface area contributed by atoms with E-state index in [1.807, 2.05) is 0 Å². The van der Waals surface area contributed by atoms with Crippen molar-refractivity contribution < 1.29 is 9.53 Å². The molecule has 0 N–H and O–H groups in total. The minimum Gasteiger partial charge on any atom is -0.469 e. The number of carbonyl (C=O) groups excluding carboxylic acids is 1. The van der Waals surface area contributed by atoms with E-state index in [0.29, 0.717) is 11.8 Å². The van der Waals surface area contributed by atoms with Crippen molar-refractivity contribution in [1.29, 1.82) is 0 Å². The molecular weight excluding hydrogens is 212 g/mol. The molecule has 2 atom stereocenters. The van der Waals surface area contributed by atoms with E-state index in [4.69, 9.17) is 4.74 Å². The second kappa shape index (κ2) is 5.70. The number of methoxy groups -OCH3 is 1. The molecule has 1 fully saturated rings. The van der Waals surface area contributed by atoms with Crippen LogP contribution in [-0.2, 0) is 9.53 Å². The van der Waals surface area contributed by atoms with Gasteiger partial charge in [0.2, 0.25) is 0 Å². The quantitative estimate of drug-likeness (QED) is 0.539. The molecule has 1 saturated carbocycles. The molecule has 0 radical (unpaired) electrons. The summed E-state index contributed by atoms with van der Waals surface area (Å²) in [7, 11) is 1.52. The second-order valence-corrected chi connectivity index (χ2v) is 5.66. The number of esters is 1. The summed E-state index contributed by atoms with van der Waals surface area (Å²) in [5.41, 5.74) is 1.46. The Bertz CT molecular complexity index is 300. The molecular formula is C15H24O2. The van der Waals surface area contributed by atoms with Gasteiger partial charge in [0.05, 0.1) is 13.0 Å². The number of hydrogen-bond donors (Lipinski definition) is 0. The van der Waals surface area contributed by atoms with Crippen molar-refractivity contribution in [2.45, 2.75) is 51.9 Å². The lowest BCUT2D eigenvalue weighted by atomic mass is 9.69. The third kappa shape index (κ3) is 2.91. The molecule has 0 bridgehead atoms. The minimum absolute atomic E-state index is 0.00400. The lowest BCUT2D eigenvalue weighted by molar-refractivity contribution is -0.148. The van der Waals surface area contributed by atoms with E-state index in [2.05, 4.69) is 13.0 Å². The van der Waals surface area contributed by atoms with Crippen molar-refractivity contribution in [1.82, 2.24) is 0 Å². The summed E-state index contributed by atoms with van der Waals surface area (Å²) in [5.74, 6) is 1.27. The zero-order chi connectivity index (χ0) is 12.3. The van der Waals surface area contributed by atoms with Gasteiger partial charge in [-0.1, -0.05) is 30.9 Å². The van der Waals surface area contributed by atoms with Gasteiger partial charge in [0.15, 0.2) is 0 Å². The molecule has 0 saturated heterocycles. The van der Waals surface area contributed by atoms with Crippen LogP contribution in [-0.4, -0.2) is 13.1 Å². The van der Waals surface area contributed by atoms with Gasteiger partial charge < -0.3 is 4.74 Å². The highest BCUT2D eigenvalue weighted by Gasteiger charge is 2.35. The summed E-state index contributed by atoms with van der Waals surface area (Å²) in [6.07, 6.45) is 11.0. The van der Waals surface area contributed by atoms with Crippen LogP contribution in [0, 0.1) is 17.8 Å². The zero-order valence-electron chi connectivity index (χ0n) is 11.1. The first-order valence-corrected chi connectivity index (χ1v) is 6.97. The summed E-state index contributed by atoms with van der Waals surface area (Å²) in [5, 5.41) is 0. The Morgan fingerprint density at radius 3 is 2.59 bits per heavy atom. The van der Waals surface area contributed by atoms with Crippen molar-refractivity contribution in [3.05, 3.63) is 11.6 Å². The van der Waals surface area contributed by atoms with Crippen LogP contribution in [0.2, 0.25) is 0 Å². The molecule has 17 heavy (non-hydrogen) atoms. The van der Waals surface area contributed by atoms with Crippen LogP contribution in [0.5, 0.6) is 0 Å². The largest absolute Gasteiger partial charge is 0.469 e. The zero-order valence-corrected chi connectivity index (χ0v) is 11.1. The van der Waals surface area contributed by atoms with E-state index < -0.39 is 0 Å². The predicted molar refractivity (Wildman–Crippen MR) is 68.6 cm³/mol. The monoisotopic (exact) mass is 236 g/mol. The fourth-order valence-corrected chi connectivity index (χ4v) is 3.51. The number of hydrogen-bond acceptors (Lipinski definition) is 2. The third-order valence-electron chi connectivity index (χ3n) is 4.49. The van der Waals surface area contributed by atoms with Gasteiger partial charge in [0, 0.05) is 0 Å². The van der Waals surface area contributed by atoms with Crippen LogP contribution in [0.3, 0.4) is 0 Å². The standard InChI is InChI=1S/C15H24O2/c1-11-8-9-13(15(16)17-2)14(10-11)12-6-4-3-5-7-12/h10,12-14H,3-9H2,1-2H3/t13-,14?/m1/s1. The van der Waals surface area contributed by atoms with E-state index in [-0.39, 0.29) is 11.9 Å². The molecule has 0 aromatic rings. The highest BCUT2D eigenvalue weighted by Crippen LogP contribution is 2.40. The summed E-state index contributed by atoms with van der Waals surface area (Å²) < 4.78 is 4.98. The molecule has 2 aliphatic rings. The van der Waals surface area contributed by atoms with Gasteiger partial charge in [-0.15, -0.1) is 0 Å². The van der Waals surface area contributed by atoms with Gasteiger partial charge in [-0.2, -0.15) is 0 Å². The van der Waals surface area contributed by atoms with Crippen molar-refractivity contribution in [3.8, 4) is 0 Å². The van der Waals surface area contributed by atoms with E-state index in [1.54, 1.807) is 0 Å². The van der Waals surface area contributed by atoms with Gasteiger partial charge in [0.25, 0.3) is 0 Å². The Balaban J connectivity index is 2.12. The van der Waals surface area contributed by atoms with E-state index >= 15 is 0 Å². The average molecular weight is 236 g/mol. The number of rotatable bonds is 2. The predicted octanol–water partition coefficient (Wildman–Crippen LogP) is 3.71. The molecule has 1 unspecified atom stereocenters. The molecule has 0 spiro atoms. The summed E-state index contributed by atoms with van der Waals surface area (Å²) in [6, 6.07) is 0. The third-order valence-corrected chi connectivity index (χ3v) is 4.49. The minimum atomic E-state index is 0.00400. The van der Waals surface area contributed by atoms with Crippen LogP contribution < -0.4 is 0 Å². The summed E-state index contributed by atoms with van der Waals surface area (Å²) in [4.78, 5) is 11.9. The molecule has 2 rings (SSSR count). The van der Waals surface area contributed by atoms with Gasteiger partial charge in [-0.3, -0.25) is 4.79 Å². The lowest BCUT2D eigenvalue weighted by Gasteiger charge is -2.35. The smallest absolute Gasteiger partial charge is 0.309 e. The first-order valence-electron chi connectivity index (χ1n) is 6.97. The van der Waals surface area contributed by atoms with E-state index in [1.165, 1.54) is 44.8 Å². The Labute approximate surface area is 104 Å². The van der Waals surface area contributed by atoms with Gasteiger partial charge in [0.1, 0.15) is 0 Å². The topological polar surface area (TPSA) is 26.3 Å². The molecule has 0 aromatic carbocycles. The maximum absolute atomic E-state index is 11.9. The van der Waals surface area contributed by atoms with Crippen molar-refractivity contribution in [2.24, 2.45) is 17.8 Å². The number of carbonyl (C=O) groups is 1. The Morgan fingerprint density at radius 1 is 1.24 bits per heavy atom. The molecule has 2 aliphatic carbocycles. The number of ether oxygens (including phenoxy) is 1. The van der Waals surface area contributed by atoms with Crippen molar-refractivity contribution in [2.75, 3.05) is 7.11 Å². The fraction of sp³-hybridized carbons (Fsp3) is 0.800. The Hall–Kier alpha value is -0.790. The number of allylic oxidation sites excluding steroid dienone is 2. The first kappa shape index (κ1) is 12.7. The first-order chi connectivity index (χ1) is 8.22. The van der Waals surface area contributed by atoms with Gasteiger partial charge >= 0.3 is 5.97 Å². The maximum Gasteiger partial charge on any atom is 0.309 e. The van der Waals surface area contributed by atoms with Crippen LogP contribution >= 0.6 is 0 Å². The molecule has 0 heterocycles. The fourth-order valence-electron chi connectivity index (χ4n) is 3.51. The highest BCUT2D eigenvalue weighted by atomic mass is 16.5. The van der Waals surface area contributed by atoms with Crippen molar-refractivity contribution >= 4 is 5.97 Å². The molecule has 0 aliphatic heterocycles. The molecule has 0 amide bonds. The normalized spacial score (nSPS) is 30.8. The van der Waals surface area contributed by atoms with Gasteiger partial charge in [-0.05, 0) is 44.4 Å². The lowest BCUT2D eigenvalue weighted by Crippen LogP contribution is -2.32. The van der Waals surface area contributed by atoms with Crippen molar-refractivity contribution in [3.63, 3.8) is 0 Å². The molecule has 0 aromatic heterocycles. The average Bonchev–Trinajstić information content (AvgIpc) is 2.39. The summed E-state index contributed by atoms with van der Waals surface area (Å²) in [6.45, 7) is 2.20. The summed E-state index contributed by atoms with van der Waals surface area (Å²) >= 11 is 0. The SMILES string of the molecule is COC(=O)[C@@H]1CCC(C)=CC1C1CCCCC1. The van der Waals surface area contributed by atoms with Crippen LogP contribution in [0.15, 0.2) is 11.6 Å². The highest BCUT2D eigenvalue weighted by molar-refractivity contribution is 5.73. The second-order valence-electron chi connectivity index (χ2n) is 5.66. The van der Waals surface area contributed by atoms with E-state index in [9.17, 15) is 4.79 Å².